The number of hydrogen-bond acceptors (Lipinski definition) is 3. The lowest BCUT2D eigenvalue weighted by molar-refractivity contribution is 0.00886. The first-order valence-electron chi connectivity index (χ1n) is 7.31. The van der Waals surface area contributed by atoms with E-state index in [1.54, 1.807) is 12.4 Å². The van der Waals surface area contributed by atoms with Gasteiger partial charge in [-0.2, -0.15) is 0 Å². The second-order valence-electron chi connectivity index (χ2n) is 5.38. The van der Waals surface area contributed by atoms with Gasteiger partial charge < -0.3 is 9.30 Å². The molecule has 1 fully saturated rings. The average molecular weight is 294 g/mol. The Kier molecular flexibility index (Phi) is 4.22. The van der Waals surface area contributed by atoms with E-state index in [0.29, 0.717) is 6.10 Å². The zero-order chi connectivity index (χ0) is 13.9. The summed E-state index contributed by atoms with van der Waals surface area (Å²) in [6.45, 7) is 3.76. The van der Waals surface area contributed by atoms with Crippen LogP contribution in [0.4, 0.5) is 0 Å². The minimum atomic E-state index is -0.102. The third-order valence-corrected chi connectivity index (χ3v) is 4.08. The highest BCUT2D eigenvalue weighted by Gasteiger charge is 2.18. The van der Waals surface area contributed by atoms with Gasteiger partial charge in [0.25, 0.3) is 0 Å². The van der Waals surface area contributed by atoms with Crippen molar-refractivity contribution in [3.05, 3.63) is 24.3 Å². The van der Waals surface area contributed by atoms with Crippen LogP contribution in [-0.2, 0) is 11.3 Å². The molecule has 2 atom stereocenters. The van der Waals surface area contributed by atoms with Crippen LogP contribution in [0.25, 0.3) is 11.0 Å². The maximum absolute atomic E-state index is 6.27. The molecule has 1 aliphatic rings. The summed E-state index contributed by atoms with van der Waals surface area (Å²) in [6.07, 6.45) is 8.63. The topological polar surface area (TPSA) is 39.9 Å². The number of aromatic nitrogens is 3. The summed E-state index contributed by atoms with van der Waals surface area (Å²) in [7, 11) is 0. The van der Waals surface area contributed by atoms with Gasteiger partial charge in [-0.3, -0.25) is 4.98 Å². The molecule has 1 saturated heterocycles. The molecule has 2 aromatic heterocycles. The molecule has 2 unspecified atom stereocenters. The number of hydrogen-bond donors (Lipinski definition) is 0. The van der Waals surface area contributed by atoms with Gasteiger partial charge in [0.15, 0.2) is 0 Å². The highest BCUT2D eigenvalue weighted by atomic mass is 35.5. The standard InChI is InChI=1S/C15H20ClN3O/c1-11(16)15-18-13-10-17-7-5-14(13)19(15)8-6-12-4-2-3-9-20-12/h5,7,10-12H,2-4,6,8-9H2,1H3. The number of fused-ring (bicyclic) bond motifs is 1. The molecule has 5 heteroatoms. The van der Waals surface area contributed by atoms with E-state index in [1.807, 2.05) is 13.0 Å². The van der Waals surface area contributed by atoms with Crippen LogP contribution in [0, 0.1) is 0 Å². The van der Waals surface area contributed by atoms with Gasteiger partial charge in [0, 0.05) is 19.3 Å². The fraction of sp³-hybridized carbons (Fsp3) is 0.600. The zero-order valence-electron chi connectivity index (χ0n) is 11.8. The van der Waals surface area contributed by atoms with Gasteiger partial charge in [-0.1, -0.05) is 0 Å². The largest absolute Gasteiger partial charge is 0.378 e. The molecule has 0 N–H and O–H groups in total. The summed E-state index contributed by atoms with van der Waals surface area (Å²) >= 11 is 6.27. The van der Waals surface area contributed by atoms with Gasteiger partial charge in [0.2, 0.25) is 0 Å². The third-order valence-electron chi connectivity index (χ3n) is 3.88. The fourth-order valence-electron chi connectivity index (χ4n) is 2.85. The smallest absolute Gasteiger partial charge is 0.127 e. The molecule has 2 aromatic rings. The summed E-state index contributed by atoms with van der Waals surface area (Å²) in [5.41, 5.74) is 2.03. The van der Waals surface area contributed by atoms with Crippen molar-refractivity contribution in [2.45, 2.75) is 50.6 Å². The van der Waals surface area contributed by atoms with Crippen LogP contribution in [0.5, 0.6) is 0 Å². The molecule has 0 radical (unpaired) electrons. The van der Waals surface area contributed by atoms with Crippen LogP contribution in [0.15, 0.2) is 18.5 Å². The van der Waals surface area contributed by atoms with E-state index in [4.69, 9.17) is 16.3 Å². The Morgan fingerprint density at radius 2 is 2.40 bits per heavy atom. The molecule has 0 spiro atoms. The number of nitrogens with zero attached hydrogens (tertiary/aromatic N) is 3. The Morgan fingerprint density at radius 1 is 1.50 bits per heavy atom. The summed E-state index contributed by atoms with van der Waals surface area (Å²) in [5.74, 6) is 0.922. The molecular weight excluding hydrogens is 274 g/mol. The summed E-state index contributed by atoms with van der Waals surface area (Å²) in [6, 6.07) is 2.01. The van der Waals surface area contributed by atoms with Crippen molar-refractivity contribution in [3.63, 3.8) is 0 Å². The highest BCUT2D eigenvalue weighted by molar-refractivity contribution is 6.20. The van der Waals surface area contributed by atoms with Crippen LogP contribution in [0.2, 0.25) is 0 Å². The lowest BCUT2D eigenvalue weighted by Crippen LogP contribution is -2.21. The quantitative estimate of drug-likeness (QED) is 0.807. The number of rotatable bonds is 4. The van der Waals surface area contributed by atoms with Crippen LogP contribution >= 0.6 is 11.6 Å². The van der Waals surface area contributed by atoms with Crippen LogP contribution < -0.4 is 0 Å². The van der Waals surface area contributed by atoms with E-state index >= 15 is 0 Å². The molecule has 108 valence electrons. The molecule has 0 aliphatic carbocycles. The van der Waals surface area contributed by atoms with E-state index < -0.39 is 0 Å². The van der Waals surface area contributed by atoms with E-state index in [9.17, 15) is 0 Å². The van der Waals surface area contributed by atoms with Gasteiger partial charge in [-0.15, -0.1) is 11.6 Å². The minimum absolute atomic E-state index is 0.102. The van der Waals surface area contributed by atoms with Gasteiger partial charge in [-0.05, 0) is 38.7 Å². The molecule has 0 amide bonds. The van der Waals surface area contributed by atoms with E-state index in [-0.39, 0.29) is 5.38 Å². The Hall–Kier alpha value is -1.13. The molecular formula is C15H20ClN3O. The van der Waals surface area contributed by atoms with Crippen molar-refractivity contribution < 1.29 is 4.74 Å². The van der Waals surface area contributed by atoms with E-state index in [0.717, 1.165) is 36.4 Å². The SMILES string of the molecule is CC(Cl)c1nc2cnccc2n1CCC1CCCCO1. The third kappa shape index (κ3) is 2.81. The number of aryl methyl sites for hydroxylation is 1. The molecule has 1 aliphatic heterocycles. The van der Waals surface area contributed by atoms with Crippen molar-refractivity contribution in [1.29, 1.82) is 0 Å². The molecule has 0 saturated carbocycles. The van der Waals surface area contributed by atoms with Gasteiger partial charge in [0.1, 0.15) is 11.3 Å². The average Bonchev–Trinajstić information content (AvgIpc) is 2.85. The van der Waals surface area contributed by atoms with Gasteiger partial charge in [0.05, 0.1) is 23.2 Å². The van der Waals surface area contributed by atoms with E-state index in [2.05, 4.69) is 14.5 Å². The Bertz CT molecular complexity index is 576. The molecule has 0 bridgehead atoms. The predicted octanol–water partition coefficient (Wildman–Crippen LogP) is 3.69. The number of halogens is 1. The second kappa shape index (κ2) is 6.10. The van der Waals surface area contributed by atoms with Crippen LogP contribution in [-0.4, -0.2) is 27.2 Å². The lowest BCUT2D eigenvalue weighted by atomic mass is 10.1. The minimum Gasteiger partial charge on any atom is -0.378 e. The van der Waals surface area contributed by atoms with Crippen LogP contribution in [0.3, 0.4) is 0 Å². The lowest BCUT2D eigenvalue weighted by Gasteiger charge is -2.23. The zero-order valence-corrected chi connectivity index (χ0v) is 12.5. The van der Waals surface area contributed by atoms with Crippen molar-refractivity contribution in [1.82, 2.24) is 14.5 Å². The van der Waals surface area contributed by atoms with E-state index in [1.165, 1.54) is 19.3 Å². The second-order valence-corrected chi connectivity index (χ2v) is 6.03. The first-order chi connectivity index (χ1) is 9.75. The monoisotopic (exact) mass is 293 g/mol. The number of pyridine rings is 1. The molecule has 0 aromatic carbocycles. The van der Waals surface area contributed by atoms with Crippen molar-refractivity contribution in [3.8, 4) is 0 Å². The molecule has 4 nitrogen and oxygen atoms in total. The van der Waals surface area contributed by atoms with Gasteiger partial charge >= 0.3 is 0 Å². The summed E-state index contributed by atoms with van der Waals surface area (Å²) in [4.78, 5) is 8.74. The van der Waals surface area contributed by atoms with Gasteiger partial charge in [-0.25, -0.2) is 4.98 Å². The number of ether oxygens (including phenoxy) is 1. The predicted molar refractivity (Wildman–Crippen MR) is 80.0 cm³/mol. The summed E-state index contributed by atoms with van der Waals surface area (Å²) in [5, 5.41) is -0.102. The Labute approximate surface area is 124 Å². The number of imidazole rings is 1. The first-order valence-corrected chi connectivity index (χ1v) is 7.75. The Morgan fingerprint density at radius 3 is 3.15 bits per heavy atom. The van der Waals surface area contributed by atoms with Crippen molar-refractivity contribution in [2.24, 2.45) is 0 Å². The molecule has 3 heterocycles. The fourth-order valence-corrected chi connectivity index (χ4v) is 3.01. The van der Waals surface area contributed by atoms with Crippen molar-refractivity contribution in [2.75, 3.05) is 6.61 Å². The van der Waals surface area contributed by atoms with Crippen molar-refractivity contribution >= 4 is 22.6 Å². The normalized spacial score (nSPS) is 21.2. The maximum Gasteiger partial charge on any atom is 0.127 e. The van der Waals surface area contributed by atoms with Crippen LogP contribution in [0.1, 0.15) is 43.8 Å². The Balaban J connectivity index is 1.83. The maximum atomic E-state index is 6.27. The molecule has 3 rings (SSSR count). The molecule has 20 heavy (non-hydrogen) atoms. The highest BCUT2D eigenvalue weighted by Crippen LogP contribution is 2.25. The number of alkyl halides is 1. The summed E-state index contributed by atoms with van der Waals surface area (Å²) < 4.78 is 8.02. The first kappa shape index (κ1) is 13.8.